The van der Waals surface area contributed by atoms with Gasteiger partial charge in [-0.15, -0.1) is 0 Å². The van der Waals surface area contributed by atoms with E-state index in [0.717, 1.165) is 19.3 Å². The summed E-state index contributed by atoms with van der Waals surface area (Å²) >= 11 is 0. The molecule has 0 radical (unpaired) electrons. The largest absolute Gasteiger partial charge is 0.360 e. The van der Waals surface area contributed by atoms with Gasteiger partial charge in [0.1, 0.15) is 6.23 Å². The standard InChI is InChI=1S/C17H27NO/c1-5-14(15-9-7-6-8-10-15)11-16-18-17(3,4)12-13(2)19-16/h6-10,13-14,16,18H,5,11-12H2,1-4H3/t13-,14?,16?/m1/s1. The van der Waals surface area contributed by atoms with E-state index in [9.17, 15) is 0 Å². The van der Waals surface area contributed by atoms with Crippen molar-refractivity contribution in [3.63, 3.8) is 0 Å². The fourth-order valence-corrected chi connectivity index (χ4v) is 3.21. The van der Waals surface area contributed by atoms with Crippen LogP contribution in [0.1, 0.15) is 58.4 Å². The lowest BCUT2D eigenvalue weighted by atomic mass is 9.89. The highest BCUT2D eigenvalue weighted by Gasteiger charge is 2.32. The van der Waals surface area contributed by atoms with Gasteiger partial charge in [-0.1, -0.05) is 37.3 Å². The van der Waals surface area contributed by atoms with Crippen LogP contribution in [0.3, 0.4) is 0 Å². The first-order valence-electron chi connectivity index (χ1n) is 7.48. The van der Waals surface area contributed by atoms with Crippen molar-refractivity contribution < 1.29 is 4.74 Å². The molecule has 0 bridgehead atoms. The van der Waals surface area contributed by atoms with Crippen molar-refractivity contribution in [2.24, 2.45) is 0 Å². The summed E-state index contributed by atoms with van der Waals surface area (Å²) in [4.78, 5) is 0. The number of hydrogen-bond acceptors (Lipinski definition) is 2. The van der Waals surface area contributed by atoms with E-state index >= 15 is 0 Å². The second kappa shape index (κ2) is 6.06. The average molecular weight is 261 g/mol. The summed E-state index contributed by atoms with van der Waals surface area (Å²) in [6.45, 7) is 8.97. The van der Waals surface area contributed by atoms with E-state index < -0.39 is 0 Å². The van der Waals surface area contributed by atoms with Crippen LogP contribution in [0.5, 0.6) is 0 Å². The fourth-order valence-electron chi connectivity index (χ4n) is 3.21. The lowest BCUT2D eigenvalue weighted by Gasteiger charge is -2.41. The minimum Gasteiger partial charge on any atom is -0.360 e. The van der Waals surface area contributed by atoms with Gasteiger partial charge in [0.25, 0.3) is 0 Å². The third kappa shape index (κ3) is 4.05. The molecule has 0 saturated carbocycles. The Bertz CT molecular complexity index is 388. The van der Waals surface area contributed by atoms with Gasteiger partial charge in [-0.2, -0.15) is 0 Å². The second-order valence-electron chi connectivity index (χ2n) is 6.42. The minimum absolute atomic E-state index is 0.170. The van der Waals surface area contributed by atoms with Crippen LogP contribution in [0, 0.1) is 0 Å². The molecule has 0 aromatic heterocycles. The molecular formula is C17H27NO. The van der Waals surface area contributed by atoms with Gasteiger partial charge in [0.2, 0.25) is 0 Å². The Balaban J connectivity index is 2.02. The van der Waals surface area contributed by atoms with E-state index in [1.165, 1.54) is 5.56 Å². The SMILES string of the molecule is CCC(CC1NC(C)(C)C[C@@H](C)O1)c1ccccc1. The van der Waals surface area contributed by atoms with Gasteiger partial charge in [0, 0.05) is 5.54 Å². The first kappa shape index (κ1) is 14.5. The molecular weight excluding hydrogens is 234 g/mol. The van der Waals surface area contributed by atoms with Crippen molar-refractivity contribution in [3.05, 3.63) is 35.9 Å². The predicted molar refractivity (Wildman–Crippen MR) is 80.3 cm³/mol. The molecule has 2 heteroatoms. The van der Waals surface area contributed by atoms with Crippen molar-refractivity contribution in [3.8, 4) is 0 Å². The monoisotopic (exact) mass is 261 g/mol. The quantitative estimate of drug-likeness (QED) is 0.882. The van der Waals surface area contributed by atoms with Crippen molar-refractivity contribution in [1.29, 1.82) is 0 Å². The summed E-state index contributed by atoms with van der Waals surface area (Å²) in [5.41, 5.74) is 1.60. The van der Waals surface area contributed by atoms with Crippen LogP contribution in [0.2, 0.25) is 0 Å². The Hall–Kier alpha value is -0.860. The van der Waals surface area contributed by atoms with Crippen LogP contribution < -0.4 is 5.32 Å². The number of nitrogens with one attached hydrogen (secondary N) is 1. The zero-order chi connectivity index (χ0) is 13.9. The van der Waals surface area contributed by atoms with Crippen LogP contribution in [0.25, 0.3) is 0 Å². The molecule has 1 aromatic rings. The van der Waals surface area contributed by atoms with Crippen molar-refractivity contribution in [1.82, 2.24) is 5.32 Å². The van der Waals surface area contributed by atoms with Crippen LogP contribution in [-0.4, -0.2) is 17.9 Å². The molecule has 106 valence electrons. The second-order valence-corrected chi connectivity index (χ2v) is 6.42. The van der Waals surface area contributed by atoms with Crippen LogP contribution >= 0.6 is 0 Å². The first-order valence-corrected chi connectivity index (χ1v) is 7.48. The van der Waals surface area contributed by atoms with Crippen LogP contribution in [0.15, 0.2) is 30.3 Å². The first-order chi connectivity index (χ1) is 9.00. The molecule has 3 atom stereocenters. The zero-order valence-electron chi connectivity index (χ0n) is 12.6. The highest BCUT2D eigenvalue weighted by atomic mass is 16.5. The number of ether oxygens (including phenoxy) is 1. The van der Waals surface area contributed by atoms with Crippen molar-refractivity contribution >= 4 is 0 Å². The smallest absolute Gasteiger partial charge is 0.109 e. The molecule has 19 heavy (non-hydrogen) atoms. The molecule has 0 amide bonds. The summed E-state index contributed by atoms with van der Waals surface area (Å²) in [5, 5.41) is 3.64. The number of benzene rings is 1. The Kier molecular flexibility index (Phi) is 4.64. The van der Waals surface area contributed by atoms with E-state index in [-0.39, 0.29) is 11.8 Å². The van der Waals surface area contributed by atoms with Gasteiger partial charge in [-0.3, -0.25) is 5.32 Å². The van der Waals surface area contributed by atoms with Crippen LogP contribution in [-0.2, 0) is 4.74 Å². The maximum Gasteiger partial charge on any atom is 0.109 e. The normalized spacial score (nSPS) is 28.0. The molecule has 2 nitrogen and oxygen atoms in total. The molecule has 2 unspecified atom stereocenters. The maximum atomic E-state index is 6.06. The van der Waals surface area contributed by atoms with E-state index in [0.29, 0.717) is 12.0 Å². The molecule has 1 aromatic carbocycles. The third-order valence-corrected chi connectivity index (χ3v) is 4.01. The van der Waals surface area contributed by atoms with Crippen molar-refractivity contribution in [2.75, 3.05) is 0 Å². The van der Waals surface area contributed by atoms with Gasteiger partial charge in [0.15, 0.2) is 0 Å². The topological polar surface area (TPSA) is 21.3 Å². The average Bonchev–Trinajstić information content (AvgIpc) is 2.34. The highest BCUT2D eigenvalue weighted by Crippen LogP contribution is 2.29. The molecule has 1 N–H and O–H groups in total. The fraction of sp³-hybridized carbons (Fsp3) is 0.647. The molecule has 1 aliphatic heterocycles. The minimum atomic E-state index is 0.170. The van der Waals surface area contributed by atoms with Gasteiger partial charge in [-0.25, -0.2) is 0 Å². The van der Waals surface area contributed by atoms with Gasteiger partial charge in [-0.05, 0) is 51.5 Å². The van der Waals surface area contributed by atoms with Gasteiger partial charge < -0.3 is 4.74 Å². The van der Waals surface area contributed by atoms with E-state index in [2.05, 4.69) is 63.3 Å². The molecule has 0 spiro atoms. The molecule has 1 fully saturated rings. The van der Waals surface area contributed by atoms with Gasteiger partial charge >= 0.3 is 0 Å². The molecule has 2 rings (SSSR count). The molecule has 1 aliphatic rings. The molecule has 1 saturated heterocycles. The van der Waals surface area contributed by atoms with Crippen LogP contribution in [0.4, 0.5) is 0 Å². The maximum absolute atomic E-state index is 6.06. The van der Waals surface area contributed by atoms with E-state index in [1.807, 2.05) is 0 Å². The number of hydrogen-bond donors (Lipinski definition) is 1. The summed E-state index contributed by atoms with van der Waals surface area (Å²) < 4.78 is 6.06. The Morgan fingerprint density at radius 1 is 1.32 bits per heavy atom. The predicted octanol–water partition coefficient (Wildman–Crippen LogP) is 4.07. The highest BCUT2D eigenvalue weighted by molar-refractivity contribution is 5.19. The lowest BCUT2D eigenvalue weighted by molar-refractivity contribution is -0.0927. The van der Waals surface area contributed by atoms with E-state index in [1.54, 1.807) is 0 Å². The lowest BCUT2D eigenvalue weighted by Crippen LogP contribution is -2.55. The van der Waals surface area contributed by atoms with Crippen molar-refractivity contribution in [2.45, 2.75) is 70.7 Å². The summed E-state index contributed by atoms with van der Waals surface area (Å²) in [6, 6.07) is 10.8. The molecule has 1 heterocycles. The third-order valence-electron chi connectivity index (χ3n) is 4.01. The molecule has 0 aliphatic carbocycles. The Labute approximate surface area is 117 Å². The summed E-state index contributed by atoms with van der Waals surface area (Å²) in [6.07, 6.45) is 3.79. The summed E-state index contributed by atoms with van der Waals surface area (Å²) in [7, 11) is 0. The van der Waals surface area contributed by atoms with Gasteiger partial charge in [0.05, 0.1) is 6.10 Å². The number of rotatable bonds is 4. The zero-order valence-corrected chi connectivity index (χ0v) is 12.6. The summed E-state index contributed by atoms with van der Waals surface area (Å²) in [5.74, 6) is 0.569. The Morgan fingerprint density at radius 2 is 2.00 bits per heavy atom. The Morgan fingerprint density at radius 3 is 2.58 bits per heavy atom. The van der Waals surface area contributed by atoms with E-state index in [4.69, 9.17) is 4.74 Å².